The van der Waals surface area contributed by atoms with Crippen molar-refractivity contribution in [2.45, 2.75) is 20.8 Å². The van der Waals surface area contributed by atoms with Gasteiger partial charge in [-0.2, -0.15) is 0 Å². The monoisotopic (exact) mass is 433 g/mol. The predicted octanol–water partition coefficient (Wildman–Crippen LogP) is 3.94. The third-order valence-corrected chi connectivity index (χ3v) is 4.78. The summed E-state index contributed by atoms with van der Waals surface area (Å²) < 4.78 is 16.8. The number of rotatable bonds is 4. The van der Waals surface area contributed by atoms with E-state index in [0.29, 0.717) is 40.4 Å². The first-order valence-corrected chi connectivity index (χ1v) is 9.28. The molecule has 27 heavy (non-hydrogen) atoms. The van der Waals surface area contributed by atoms with E-state index >= 15 is 0 Å². The molecule has 0 radical (unpaired) electrons. The quantitative estimate of drug-likeness (QED) is 0.739. The molecule has 1 amide bonds. The Balaban J connectivity index is 1.64. The van der Waals surface area contributed by atoms with Crippen molar-refractivity contribution in [2.24, 2.45) is 0 Å². The lowest BCUT2D eigenvalue weighted by atomic mass is 10.00. The van der Waals surface area contributed by atoms with E-state index in [1.54, 1.807) is 12.1 Å². The van der Waals surface area contributed by atoms with E-state index in [0.717, 1.165) is 16.7 Å². The zero-order chi connectivity index (χ0) is 19.6. The molecule has 2 aromatic rings. The van der Waals surface area contributed by atoms with Gasteiger partial charge in [0.1, 0.15) is 13.2 Å². The largest absolute Gasteiger partial charge is 0.486 e. The molecule has 1 aliphatic rings. The minimum absolute atomic E-state index is 0.382. The first-order valence-electron chi connectivity index (χ1n) is 8.49. The Morgan fingerprint density at radius 1 is 1.04 bits per heavy atom. The normalized spacial score (nSPS) is 12.4. The van der Waals surface area contributed by atoms with Crippen molar-refractivity contribution >= 4 is 33.5 Å². The van der Waals surface area contributed by atoms with Crippen LogP contribution in [0.3, 0.4) is 0 Å². The number of esters is 1. The lowest BCUT2D eigenvalue weighted by Crippen LogP contribution is -2.22. The van der Waals surface area contributed by atoms with Crippen molar-refractivity contribution in [1.82, 2.24) is 0 Å². The lowest BCUT2D eigenvalue weighted by molar-refractivity contribution is -0.119. The highest BCUT2D eigenvalue weighted by Gasteiger charge is 2.18. The molecule has 0 spiro atoms. The summed E-state index contributed by atoms with van der Waals surface area (Å²) in [6.07, 6.45) is 0. The highest BCUT2D eigenvalue weighted by molar-refractivity contribution is 9.10. The number of fused-ring (bicyclic) bond motifs is 1. The van der Waals surface area contributed by atoms with Crippen LogP contribution in [0.4, 0.5) is 5.69 Å². The second kappa shape index (κ2) is 8.00. The summed E-state index contributed by atoms with van der Waals surface area (Å²) in [6, 6.07) is 7.23. The van der Waals surface area contributed by atoms with E-state index in [2.05, 4.69) is 21.2 Å². The summed E-state index contributed by atoms with van der Waals surface area (Å²) in [5, 5.41) is 2.71. The standard InChI is InChI=1S/C20H20BrNO5/c1-11-6-12(2)19(13(3)7-11)20(24)27-10-18(23)22-15-9-17-16(8-14(15)21)25-4-5-26-17/h6-9H,4-5,10H2,1-3H3,(H,22,23). The van der Waals surface area contributed by atoms with Crippen molar-refractivity contribution < 1.29 is 23.8 Å². The molecule has 0 bridgehead atoms. The molecule has 1 heterocycles. The van der Waals surface area contributed by atoms with Crippen molar-refractivity contribution in [3.8, 4) is 11.5 Å². The molecular weight excluding hydrogens is 414 g/mol. The van der Waals surface area contributed by atoms with Gasteiger partial charge >= 0.3 is 5.97 Å². The van der Waals surface area contributed by atoms with Crippen LogP contribution in [0.15, 0.2) is 28.7 Å². The molecule has 6 nitrogen and oxygen atoms in total. The van der Waals surface area contributed by atoms with Gasteiger partial charge in [0, 0.05) is 16.6 Å². The van der Waals surface area contributed by atoms with Crippen molar-refractivity contribution in [1.29, 1.82) is 0 Å². The Bertz CT molecular complexity index is 886. The van der Waals surface area contributed by atoms with Crippen LogP contribution >= 0.6 is 15.9 Å². The predicted molar refractivity (Wildman–Crippen MR) is 105 cm³/mol. The lowest BCUT2D eigenvalue weighted by Gasteiger charge is -2.20. The minimum atomic E-state index is -0.513. The second-order valence-corrected chi connectivity index (χ2v) is 7.23. The summed E-state index contributed by atoms with van der Waals surface area (Å²) in [5.41, 5.74) is 3.74. The van der Waals surface area contributed by atoms with Crippen LogP contribution in [0.25, 0.3) is 0 Å². The highest BCUT2D eigenvalue weighted by Crippen LogP contribution is 2.38. The van der Waals surface area contributed by atoms with E-state index in [1.165, 1.54) is 0 Å². The summed E-state index contributed by atoms with van der Waals surface area (Å²) >= 11 is 3.39. The van der Waals surface area contributed by atoms with E-state index in [-0.39, 0.29) is 6.61 Å². The molecule has 0 fully saturated rings. The molecule has 1 aliphatic heterocycles. The Hall–Kier alpha value is -2.54. The van der Waals surface area contributed by atoms with Crippen molar-refractivity contribution in [3.05, 3.63) is 51.0 Å². The van der Waals surface area contributed by atoms with Crippen LogP contribution < -0.4 is 14.8 Å². The molecular formula is C20H20BrNO5. The van der Waals surface area contributed by atoms with Crippen LogP contribution in [-0.4, -0.2) is 31.7 Å². The number of hydrogen-bond acceptors (Lipinski definition) is 5. The zero-order valence-corrected chi connectivity index (χ0v) is 16.9. The number of carbonyl (C=O) groups is 2. The van der Waals surface area contributed by atoms with Gasteiger partial charge in [-0.05, 0) is 47.8 Å². The summed E-state index contributed by atoms with van der Waals surface area (Å²) in [4.78, 5) is 24.6. The van der Waals surface area contributed by atoms with Gasteiger partial charge in [0.2, 0.25) is 0 Å². The van der Waals surface area contributed by atoms with Crippen LogP contribution in [-0.2, 0) is 9.53 Å². The molecule has 3 rings (SSSR count). The highest BCUT2D eigenvalue weighted by atomic mass is 79.9. The van der Waals surface area contributed by atoms with Crippen molar-refractivity contribution in [3.63, 3.8) is 0 Å². The number of halogens is 1. The maximum atomic E-state index is 12.4. The average Bonchev–Trinajstić information content (AvgIpc) is 2.59. The number of anilines is 1. The van der Waals surface area contributed by atoms with E-state index in [4.69, 9.17) is 14.2 Å². The number of ether oxygens (including phenoxy) is 3. The van der Waals surface area contributed by atoms with Gasteiger partial charge in [0.05, 0.1) is 11.3 Å². The van der Waals surface area contributed by atoms with E-state index in [9.17, 15) is 9.59 Å². The fraction of sp³-hybridized carbons (Fsp3) is 0.300. The summed E-state index contributed by atoms with van der Waals surface area (Å²) in [7, 11) is 0. The van der Waals surface area contributed by atoms with Crippen LogP contribution in [0, 0.1) is 20.8 Å². The summed E-state index contributed by atoms with van der Waals surface area (Å²) in [5.74, 6) is 0.218. The second-order valence-electron chi connectivity index (χ2n) is 6.37. The van der Waals surface area contributed by atoms with E-state index in [1.807, 2.05) is 32.9 Å². The van der Waals surface area contributed by atoms with Gasteiger partial charge in [-0.15, -0.1) is 0 Å². The SMILES string of the molecule is Cc1cc(C)c(C(=O)OCC(=O)Nc2cc3c(cc2Br)OCCO3)c(C)c1. The topological polar surface area (TPSA) is 73.9 Å². The Labute approximate surface area is 165 Å². The molecule has 2 aromatic carbocycles. The number of benzene rings is 2. The smallest absolute Gasteiger partial charge is 0.339 e. The number of amides is 1. The fourth-order valence-corrected chi connectivity index (χ4v) is 3.47. The van der Waals surface area contributed by atoms with Crippen LogP contribution in [0.2, 0.25) is 0 Å². The number of hydrogen-bond donors (Lipinski definition) is 1. The zero-order valence-electron chi connectivity index (χ0n) is 15.3. The van der Waals surface area contributed by atoms with Gasteiger partial charge in [-0.3, -0.25) is 4.79 Å². The number of carbonyl (C=O) groups excluding carboxylic acids is 2. The van der Waals surface area contributed by atoms with Crippen LogP contribution in [0.5, 0.6) is 11.5 Å². The molecule has 1 N–H and O–H groups in total. The van der Waals surface area contributed by atoms with Gasteiger partial charge in [-0.1, -0.05) is 17.7 Å². The number of nitrogens with one attached hydrogen (secondary N) is 1. The van der Waals surface area contributed by atoms with Gasteiger partial charge < -0.3 is 19.5 Å². The Kier molecular flexibility index (Phi) is 5.70. The van der Waals surface area contributed by atoms with Crippen molar-refractivity contribution in [2.75, 3.05) is 25.1 Å². The third kappa shape index (κ3) is 4.42. The Morgan fingerprint density at radius 3 is 2.26 bits per heavy atom. The first-order chi connectivity index (χ1) is 12.8. The van der Waals surface area contributed by atoms with Gasteiger partial charge in [0.15, 0.2) is 18.1 Å². The van der Waals surface area contributed by atoms with Gasteiger partial charge in [0.25, 0.3) is 5.91 Å². The molecule has 142 valence electrons. The molecule has 0 aliphatic carbocycles. The molecule has 0 atom stereocenters. The maximum Gasteiger partial charge on any atom is 0.339 e. The first kappa shape index (κ1) is 19.2. The maximum absolute atomic E-state index is 12.4. The van der Waals surface area contributed by atoms with E-state index < -0.39 is 11.9 Å². The van der Waals surface area contributed by atoms with Gasteiger partial charge in [-0.25, -0.2) is 4.79 Å². The van der Waals surface area contributed by atoms with Crippen LogP contribution in [0.1, 0.15) is 27.0 Å². The number of aryl methyl sites for hydroxylation is 3. The molecule has 0 aromatic heterocycles. The molecule has 0 unspecified atom stereocenters. The summed E-state index contributed by atoms with van der Waals surface area (Å²) in [6.45, 7) is 6.22. The molecule has 0 saturated carbocycles. The fourth-order valence-electron chi connectivity index (χ4n) is 3.05. The molecule has 0 saturated heterocycles. The minimum Gasteiger partial charge on any atom is -0.486 e. The average molecular weight is 434 g/mol. The molecule has 7 heteroatoms. The Morgan fingerprint density at radius 2 is 1.63 bits per heavy atom. The third-order valence-electron chi connectivity index (χ3n) is 4.12.